The molecule has 1 aliphatic rings. The van der Waals surface area contributed by atoms with Gasteiger partial charge in [-0.25, -0.2) is 0 Å². The lowest BCUT2D eigenvalue weighted by atomic mass is 9.87. The smallest absolute Gasteiger partial charge is 0.263 e. The summed E-state index contributed by atoms with van der Waals surface area (Å²) in [6.07, 6.45) is 0.703. The van der Waals surface area contributed by atoms with E-state index in [0.717, 1.165) is 23.1 Å². The van der Waals surface area contributed by atoms with Crippen LogP contribution < -0.4 is 4.74 Å². The van der Waals surface area contributed by atoms with Crippen LogP contribution in [0.15, 0.2) is 42.5 Å². The van der Waals surface area contributed by atoms with Crippen LogP contribution in [-0.4, -0.2) is 47.4 Å². The molecule has 166 valence electrons. The standard InChI is InChI=1S/C26H34N2O3/c1-7-24(29)28-14-13-20-11-12-22(31-19(5)26(30)27(6)17(2)3)16-23(20)25(28)21-10-8-9-18(4)15-21/h8-12,15-17,19,25H,7,13-14H2,1-6H3. The lowest BCUT2D eigenvalue weighted by Gasteiger charge is -2.38. The average Bonchev–Trinajstić information content (AvgIpc) is 2.76. The Balaban J connectivity index is 1.97. The van der Waals surface area contributed by atoms with Gasteiger partial charge in [-0.2, -0.15) is 0 Å². The number of likely N-dealkylation sites (N-methyl/N-ethyl adjacent to an activating group) is 1. The molecule has 0 radical (unpaired) electrons. The number of nitrogens with zero attached hydrogens (tertiary/aromatic N) is 2. The van der Waals surface area contributed by atoms with Gasteiger partial charge >= 0.3 is 0 Å². The molecule has 0 saturated heterocycles. The molecular weight excluding hydrogens is 388 g/mol. The highest BCUT2D eigenvalue weighted by atomic mass is 16.5. The predicted octanol–water partition coefficient (Wildman–Crippen LogP) is 4.51. The molecule has 1 heterocycles. The van der Waals surface area contributed by atoms with E-state index < -0.39 is 6.10 Å². The van der Waals surface area contributed by atoms with Crippen molar-refractivity contribution in [3.8, 4) is 5.75 Å². The van der Waals surface area contributed by atoms with Gasteiger partial charge in [-0.15, -0.1) is 0 Å². The Kier molecular flexibility index (Phi) is 7.04. The third-order valence-corrected chi connectivity index (χ3v) is 6.11. The number of fused-ring (bicyclic) bond motifs is 1. The van der Waals surface area contributed by atoms with E-state index in [1.807, 2.05) is 43.9 Å². The van der Waals surface area contributed by atoms with Crippen molar-refractivity contribution >= 4 is 11.8 Å². The van der Waals surface area contributed by atoms with E-state index in [2.05, 4.69) is 31.2 Å². The molecule has 2 aromatic rings. The van der Waals surface area contributed by atoms with Crippen molar-refractivity contribution in [2.45, 2.75) is 65.6 Å². The van der Waals surface area contributed by atoms with E-state index in [9.17, 15) is 9.59 Å². The van der Waals surface area contributed by atoms with E-state index in [1.54, 1.807) is 18.9 Å². The minimum absolute atomic E-state index is 0.0502. The number of carbonyl (C=O) groups excluding carboxylic acids is 2. The summed E-state index contributed by atoms with van der Waals surface area (Å²) in [5, 5.41) is 0. The number of amides is 2. The van der Waals surface area contributed by atoms with Crippen molar-refractivity contribution in [3.05, 3.63) is 64.7 Å². The van der Waals surface area contributed by atoms with E-state index in [1.165, 1.54) is 5.56 Å². The number of aryl methyl sites for hydroxylation is 1. The Labute approximate surface area is 186 Å². The monoisotopic (exact) mass is 422 g/mol. The zero-order valence-corrected chi connectivity index (χ0v) is 19.5. The summed E-state index contributed by atoms with van der Waals surface area (Å²) in [7, 11) is 1.79. The van der Waals surface area contributed by atoms with E-state index >= 15 is 0 Å². The minimum atomic E-state index is -0.583. The first-order chi connectivity index (χ1) is 14.7. The van der Waals surface area contributed by atoms with Gasteiger partial charge in [0.2, 0.25) is 5.91 Å². The number of hydrogen-bond donors (Lipinski definition) is 0. The maximum absolute atomic E-state index is 12.8. The summed E-state index contributed by atoms with van der Waals surface area (Å²) < 4.78 is 6.05. The molecule has 0 aliphatic carbocycles. The molecule has 0 spiro atoms. The van der Waals surface area contributed by atoms with Crippen molar-refractivity contribution in [3.63, 3.8) is 0 Å². The second-order valence-corrected chi connectivity index (χ2v) is 8.67. The second-order valence-electron chi connectivity index (χ2n) is 8.67. The van der Waals surface area contributed by atoms with Gasteiger partial charge in [0.1, 0.15) is 5.75 Å². The summed E-state index contributed by atoms with van der Waals surface area (Å²) in [6.45, 7) is 10.4. The summed E-state index contributed by atoms with van der Waals surface area (Å²) in [6, 6.07) is 14.3. The van der Waals surface area contributed by atoms with Crippen molar-refractivity contribution in [2.24, 2.45) is 0 Å². The molecule has 5 nitrogen and oxygen atoms in total. The van der Waals surface area contributed by atoms with Crippen LogP contribution in [0.25, 0.3) is 0 Å². The molecular formula is C26H34N2O3. The first kappa shape index (κ1) is 22.9. The maximum Gasteiger partial charge on any atom is 0.263 e. The minimum Gasteiger partial charge on any atom is -0.481 e. The van der Waals surface area contributed by atoms with Gasteiger partial charge in [-0.05, 0) is 62.9 Å². The molecule has 2 amide bonds. The van der Waals surface area contributed by atoms with Crippen molar-refractivity contribution in [1.29, 1.82) is 0 Å². The Morgan fingerprint density at radius 2 is 1.90 bits per heavy atom. The number of carbonyl (C=O) groups is 2. The highest BCUT2D eigenvalue weighted by molar-refractivity contribution is 5.81. The summed E-state index contributed by atoms with van der Waals surface area (Å²) in [4.78, 5) is 29.1. The third-order valence-electron chi connectivity index (χ3n) is 6.11. The van der Waals surface area contributed by atoms with Crippen LogP contribution in [0.5, 0.6) is 5.75 Å². The highest BCUT2D eigenvalue weighted by Gasteiger charge is 2.32. The van der Waals surface area contributed by atoms with Gasteiger partial charge in [0, 0.05) is 26.1 Å². The van der Waals surface area contributed by atoms with Crippen LogP contribution in [0.1, 0.15) is 62.4 Å². The van der Waals surface area contributed by atoms with Crippen LogP contribution in [0, 0.1) is 6.92 Å². The van der Waals surface area contributed by atoms with E-state index in [4.69, 9.17) is 4.74 Å². The fraction of sp³-hybridized carbons (Fsp3) is 0.462. The molecule has 0 N–H and O–H groups in total. The van der Waals surface area contributed by atoms with Crippen molar-refractivity contribution < 1.29 is 14.3 Å². The summed E-state index contributed by atoms with van der Waals surface area (Å²) in [5.74, 6) is 0.747. The van der Waals surface area contributed by atoms with Gasteiger partial charge in [-0.1, -0.05) is 42.8 Å². The molecule has 0 saturated carbocycles. The molecule has 2 aromatic carbocycles. The predicted molar refractivity (Wildman–Crippen MR) is 123 cm³/mol. The fourth-order valence-electron chi connectivity index (χ4n) is 4.13. The first-order valence-corrected chi connectivity index (χ1v) is 11.1. The molecule has 2 atom stereocenters. The molecule has 2 unspecified atom stereocenters. The lowest BCUT2D eigenvalue weighted by Crippen LogP contribution is -2.42. The van der Waals surface area contributed by atoms with Crippen molar-refractivity contribution in [2.75, 3.05) is 13.6 Å². The Hall–Kier alpha value is -2.82. The molecule has 0 aromatic heterocycles. The summed E-state index contributed by atoms with van der Waals surface area (Å²) >= 11 is 0. The topological polar surface area (TPSA) is 49.9 Å². The van der Waals surface area contributed by atoms with Crippen LogP contribution in [0.2, 0.25) is 0 Å². The number of rotatable bonds is 6. The first-order valence-electron chi connectivity index (χ1n) is 11.1. The Bertz CT molecular complexity index is 953. The number of benzene rings is 2. The summed E-state index contributed by atoms with van der Waals surface area (Å²) in [5.41, 5.74) is 4.56. The van der Waals surface area contributed by atoms with Crippen LogP contribution in [0.4, 0.5) is 0 Å². The van der Waals surface area contributed by atoms with E-state index in [0.29, 0.717) is 18.7 Å². The SMILES string of the molecule is CCC(=O)N1CCc2ccc(OC(C)C(=O)N(C)C(C)C)cc2C1c1cccc(C)c1. The van der Waals surface area contributed by atoms with Crippen LogP contribution >= 0.6 is 0 Å². The molecule has 31 heavy (non-hydrogen) atoms. The fourth-order valence-corrected chi connectivity index (χ4v) is 4.13. The van der Waals surface area contributed by atoms with Gasteiger partial charge in [0.25, 0.3) is 5.91 Å². The Morgan fingerprint density at radius 1 is 1.16 bits per heavy atom. The number of hydrogen-bond acceptors (Lipinski definition) is 3. The van der Waals surface area contributed by atoms with Gasteiger partial charge in [-0.3, -0.25) is 9.59 Å². The molecule has 0 fully saturated rings. The molecule has 1 aliphatic heterocycles. The third kappa shape index (κ3) is 4.92. The molecule has 5 heteroatoms. The number of ether oxygens (including phenoxy) is 1. The Morgan fingerprint density at radius 3 is 2.55 bits per heavy atom. The van der Waals surface area contributed by atoms with Gasteiger partial charge in [0.15, 0.2) is 6.10 Å². The molecule has 0 bridgehead atoms. The normalized spacial score (nSPS) is 16.6. The largest absolute Gasteiger partial charge is 0.481 e. The highest BCUT2D eigenvalue weighted by Crippen LogP contribution is 2.38. The quantitative estimate of drug-likeness (QED) is 0.688. The van der Waals surface area contributed by atoms with E-state index in [-0.39, 0.29) is 23.9 Å². The van der Waals surface area contributed by atoms with Crippen LogP contribution in [0.3, 0.4) is 0 Å². The van der Waals surface area contributed by atoms with Crippen LogP contribution in [-0.2, 0) is 16.0 Å². The zero-order valence-electron chi connectivity index (χ0n) is 19.5. The second kappa shape index (κ2) is 9.54. The molecule has 3 rings (SSSR count). The van der Waals surface area contributed by atoms with Gasteiger partial charge < -0.3 is 14.5 Å². The lowest BCUT2D eigenvalue weighted by molar-refractivity contribution is -0.138. The van der Waals surface area contributed by atoms with Crippen molar-refractivity contribution in [1.82, 2.24) is 9.80 Å². The van der Waals surface area contributed by atoms with Gasteiger partial charge in [0.05, 0.1) is 6.04 Å². The zero-order chi connectivity index (χ0) is 22.7. The maximum atomic E-state index is 12.8. The average molecular weight is 423 g/mol.